The molecule has 4 nitrogen and oxygen atoms in total. The zero-order chi connectivity index (χ0) is 14.0. The Kier molecular flexibility index (Phi) is 3.47. The summed E-state index contributed by atoms with van der Waals surface area (Å²) in [6.07, 6.45) is -3.87. The quantitative estimate of drug-likeness (QED) is 0.865. The molecule has 1 amide bonds. The van der Waals surface area contributed by atoms with Crippen molar-refractivity contribution in [3.05, 3.63) is 40.2 Å². The summed E-state index contributed by atoms with van der Waals surface area (Å²) >= 11 is 0.562. The van der Waals surface area contributed by atoms with E-state index >= 15 is 0 Å². The molecule has 2 rings (SSSR count). The van der Waals surface area contributed by atoms with Crippen molar-refractivity contribution in [3.63, 3.8) is 0 Å². The molecule has 0 spiro atoms. The Morgan fingerprint density at radius 2 is 2.00 bits per heavy atom. The molecule has 9 heteroatoms. The fourth-order valence-electron chi connectivity index (χ4n) is 1.23. The Hall–Kier alpha value is -2.03. The highest BCUT2D eigenvalue weighted by Gasteiger charge is 2.38. The van der Waals surface area contributed by atoms with Gasteiger partial charge in [0.2, 0.25) is 0 Å². The Balaban J connectivity index is 2.21. The highest BCUT2D eigenvalue weighted by molar-refractivity contribution is 7.12. The van der Waals surface area contributed by atoms with Gasteiger partial charge >= 0.3 is 6.18 Å². The number of thiazole rings is 1. The topological polar surface area (TPSA) is 54.9 Å². The van der Waals surface area contributed by atoms with Crippen LogP contribution in [-0.4, -0.2) is 15.9 Å². The van der Waals surface area contributed by atoms with Gasteiger partial charge in [0.25, 0.3) is 5.91 Å². The van der Waals surface area contributed by atoms with Gasteiger partial charge in [0.05, 0.1) is 11.7 Å². The van der Waals surface area contributed by atoms with E-state index in [0.29, 0.717) is 11.3 Å². The third-order valence-electron chi connectivity index (χ3n) is 2.01. The van der Waals surface area contributed by atoms with E-state index in [9.17, 15) is 22.4 Å². The first-order chi connectivity index (χ1) is 8.88. The molecule has 2 heterocycles. The monoisotopic (exact) mass is 291 g/mol. The van der Waals surface area contributed by atoms with E-state index in [4.69, 9.17) is 0 Å². The average molecular weight is 291 g/mol. The summed E-state index contributed by atoms with van der Waals surface area (Å²) in [6.45, 7) is 0. The standard InChI is InChI=1S/C10H5F4N3OS/c11-5-1-2-6(15-3-5)17-9(18)7-8(10(12,13)14)16-4-19-7/h1-4H,(H,15,17,18). The molecule has 0 fully saturated rings. The van der Waals surface area contributed by atoms with Gasteiger partial charge in [0.15, 0.2) is 5.69 Å². The SMILES string of the molecule is O=C(Nc1ccc(F)cn1)c1scnc1C(F)(F)F. The van der Waals surface area contributed by atoms with Crippen LogP contribution in [0.1, 0.15) is 15.4 Å². The van der Waals surface area contributed by atoms with Crippen molar-refractivity contribution in [2.24, 2.45) is 0 Å². The van der Waals surface area contributed by atoms with E-state index in [-0.39, 0.29) is 5.82 Å². The summed E-state index contributed by atoms with van der Waals surface area (Å²) in [6, 6.07) is 2.17. The molecule has 0 saturated carbocycles. The largest absolute Gasteiger partial charge is 0.434 e. The van der Waals surface area contributed by atoms with Crippen molar-refractivity contribution in [2.45, 2.75) is 6.18 Å². The lowest BCUT2D eigenvalue weighted by atomic mass is 10.3. The second kappa shape index (κ2) is 4.92. The van der Waals surface area contributed by atoms with Gasteiger partial charge in [-0.1, -0.05) is 0 Å². The second-order valence-corrected chi connectivity index (χ2v) is 4.20. The average Bonchev–Trinajstić information content (AvgIpc) is 2.81. The molecule has 0 atom stereocenters. The fraction of sp³-hybridized carbons (Fsp3) is 0.100. The van der Waals surface area contributed by atoms with Gasteiger partial charge in [-0.3, -0.25) is 4.79 Å². The van der Waals surface area contributed by atoms with Crippen LogP contribution in [0, 0.1) is 5.82 Å². The number of rotatable bonds is 2. The number of hydrogen-bond acceptors (Lipinski definition) is 4. The molecule has 19 heavy (non-hydrogen) atoms. The lowest BCUT2D eigenvalue weighted by Crippen LogP contribution is -2.17. The number of carbonyl (C=O) groups is 1. The van der Waals surface area contributed by atoms with E-state index in [2.05, 4.69) is 15.3 Å². The number of pyridine rings is 1. The Labute approximate surface area is 108 Å². The first-order valence-corrected chi connectivity index (χ1v) is 5.69. The molecule has 0 radical (unpaired) electrons. The number of alkyl halides is 3. The molecule has 0 aromatic carbocycles. The van der Waals surface area contributed by atoms with E-state index in [1.54, 1.807) is 0 Å². The summed E-state index contributed by atoms with van der Waals surface area (Å²) in [4.78, 5) is 17.7. The minimum Gasteiger partial charge on any atom is -0.306 e. The molecule has 2 aromatic heterocycles. The van der Waals surface area contributed by atoms with Crippen molar-refractivity contribution in [2.75, 3.05) is 5.32 Å². The van der Waals surface area contributed by atoms with E-state index in [0.717, 1.165) is 23.8 Å². The zero-order valence-electron chi connectivity index (χ0n) is 9.03. The molecule has 0 aliphatic carbocycles. The van der Waals surface area contributed by atoms with Crippen LogP contribution in [-0.2, 0) is 6.18 Å². The van der Waals surface area contributed by atoms with Gasteiger partial charge in [-0.25, -0.2) is 14.4 Å². The van der Waals surface area contributed by atoms with Crippen LogP contribution in [0.3, 0.4) is 0 Å². The minimum atomic E-state index is -4.71. The normalized spacial score (nSPS) is 11.4. The molecular weight excluding hydrogens is 286 g/mol. The van der Waals surface area contributed by atoms with Crippen LogP contribution in [0.25, 0.3) is 0 Å². The summed E-state index contributed by atoms with van der Waals surface area (Å²) < 4.78 is 50.2. The number of halogens is 4. The number of amides is 1. The van der Waals surface area contributed by atoms with Crippen molar-refractivity contribution in [1.29, 1.82) is 0 Å². The maximum atomic E-state index is 12.6. The maximum absolute atomic E-state index is 12.6. The summed E-state index contributed by atoms with van der Waals surface area (Å²) in [5.41, 5.74) is -0.326. The predicted molar refractivity (Wildman–Crippen MR) is 59.3 cm³/mol. The summed E-state index contributed by atoms with van der Waals surface area (Å²) in [5, 5.41) is 2.14. The number of nitrogens with zero attached hydrogens (tertiary/aromatic N) is 2. The van der Waals surface area contributed by atoms with Crippen molar-refractivity contribution >= 4 is 23.1 Å². The molecule has 1 N–H and O–H groups in total. The fourth-order valence-corrected chi connectivity index (χ4v) is 1.93. The predicted octanol–water partition coefficient (Wildman–Crippen LogP) is 2.95. The third-order valence-corrected chi connectivity index (χ3v) is 2.84. The third kappa shape index (κ3) is 3.05. The van der Waals surface area contributed by atoms with Gasteiger partial charge in [-0.05, 0) is 12.1 Å². The molecule has 2 aromatic rings. The molecule has 0 unspecified atom stereocenters. The van der Waals surface area contributed by atoms with E-state index in [1.807, 2.05) is 0 Å². The van der Waals surface area contributed by atoms with Crippen LogP contribution >= 0.6 is 11.3 Å². The van der Waals surface area contributed by atoms with Crippen LogP contribution in [0.5, 0.6) is 0 Å². The van der Waals surface area contributed by atoms with E-state index in [1.165, 1.54) is 0 Å². The first-order valence-electron chi connectivity index (χ1n) is 4.81. The van der Waals surface area contributed by atoms with Crippen LogP contribution in [0.15, 0.2) is 23.8 Å². The number of carbonyl (C=O) groups excluding carboxylic acids is 1. The number of nitrogens with one attached hydrogen (secondary N) is 1. The van der Waals surface area contributed by atoms with Crippen molar-refractivity contribution < 1.29 is 22.4 Å². The van der Waals surface area contributed by atoms with Crippen molar-refractivity contribution in [1.82, 2.24) is 9.97 Å². The summed E-state index contributed by atoms with van der Waals surface area (Å²) in [5.74, 6) is -1.66. The van der Waals surface area contributed by atoms with Gasteiger partial charge in [-0.2, -0.15) is 13.2 Å². The maximum Gasteiger partial charge on any atom is 0.434 e. The van der Waals surface area contributed by atoms with Gasteiger partial charge < -0.3 is 5.32 Å². The molecule has 0 saturated heterocycles. The van der Waals surface area contributed by atoms with Gasteiger partial charge in [-0.15, -0.1) is 11.3 Å². The van der Waals surface area contributed by atoms with Crippen LogP contribution < -0.4 is 5.32 Å². The smallest absolute Gasteiger partial charge is 0.306 e. The highest BCUT2D eigenvalue weighted by Crippen LogP contribution is 2.32. The van der Waals surface area contributed by atoms with Crippen molar-refractivity contribution in [3.8, 4) is 0 Å². The Morgan fingerprint density at radius 1 is 1.26 bits per heavy atom. The van der Waals surface area contributed by atoms with Crippen LogP contribution in [0.4, 0.5) is 23.4 Å². The Morgan fingerprint density at radius 3 is 2.58 bits per heavy atom. The van der Waals surface area contributed by atoms with E-state index < -0.39 is 28.5 Å². The van der Waals surface area contributed by atoms with Crippen LogP contribution in [0.2, 0.25) is 0 Å². The Bertz CT molecular complexity index is 594. The minimum absolute atomic E-state index is 0.0482. The van der Waals surface area contributed by atoms with Gasteiger partial charge in [0, 0.05) is 0 Å². The molecule has 0 aliphatic rings. The zero-order valence-corrected chi connectivity index (χ0v) is 9.85. The number of anilines is 1. The number of aromatic nitrogens is 2. The molecule has 0 aliphatic heterocycles. The number of hydrogen-bond donors (Lipinski definition) is 1. The van der Waals surface area contributed by atoms with Gasteiger partial charge in [0.1, 0.15) is 16.5 Å². The summed E-state index contributed by atoms with van der Waals surface area (Å²) in [7, 11) is 0. The molecule has 0 bridgehead atoms. The second-order valence-electron chi connectivity index (χ2n) is 3.34. The lowest BCUT2D eigenvalue weighted by Gasteiger charge is -2.06. The highest BCUT2D eigenvalue weighted by atomic mass is 32.1. The molecule has 100 valence electrons. The first kappa shape index (κ1) is 13.4. The lowest BCUT2D eigenvalue weighted by molar-refractivity contribution is -0.141. The molecular formula is C10H5F4N3OS.